The van der Waals surface area contributed by atoms with Gasteiger partial charge in [0.1, 0.15) is 5.82 Å². The lowest BCUT2D eigenvalue weighted by Gasteiger charge is -2.28. The van der Waals surface area contributed by atoms with Crippen LogP contribution in [0.5, 0.6) is 0 Å². The second-order valence-corrected chi connectivity index (χ2v) is 4.63. The number of rotatable bonds is 3. The van der Waals surface area contributed by atoms with E-state index in [1.807, 2.05) is 14.0 Å². The quantitative estimate of drug-likeness (QED) is 0.900. The van der Waals surface area contributed by atoms with Gasteiger partial charge < -0.3 is 14.6 Å². The van der Waals surface area contributed by atoms with Crippen molar-refractivity contribution in [1.82, 2.24) is 9.55 Å². The first-order valence-electron chi connectivity index (χ1n) is 6.19. The molecule has 3 rings (SSSR count). The molecule has 1 aromatic carbocycles. The van der Waals surface area contributed by atoms with E-state index < -0.39 is 0 Å². The Hall–Kier alpha value is -1.81. The Morgan fingerprint density at radius 1 is 1.28 bits per heavy atom. The maximum absolute atomic E-state index is 5.27. The van der Waals surface area contributed by atoms with E-state index >= 15 is 0 Å². The Morgan fingerprint density at radius 3 is 2.56 bits per heavy atom. The minimum absolute atomic E-state index is 0.435. The molecule has 0 unspecified atom stereocenters. The zero-order valence-corrected chi connectivity index (χ0v) is 10.7. The lowest BCUT2D eigenvalue weighted by Crippen LogP contribution is -2.30. The highest BCUT2D eigenvalue weighted by molar-refractivity contribution is 5.60. The molecule has 0 amide bonds. The van der Waals surface area contributed by atoms with Crippen molar-refractivity contribution in [2.75, 3.05) is 25.6 Å². The number of anilines is 1. The Morgan fingerprint density at radius 2 is 2.00 bits per heavy atom. The normalized spacial score (nSPS) is 15.4. The van der Waals surface area contributed by atoms with Gasteiger partial charge in [0.15, 0.2) is 0 Å². The fourth-order valence-corrected chi connectivity index (χ4v) is 2.18. The summed E-state index contributed by atoms with van der Waals surface area (Å²) in [5.41, 5.74) is 3.31. The zero-order chi connectivity index (χ0) is 12.5. The molecule has 0 spiro atoms. The van der Waals surface area contributed by atoms with E-state index in [2.05, 4.69) is 45.3 Å². The van der Waals surface area contributed by atoms with Gasteiger partial charge >= 0.3 is 0 Å². The van der Waals surface area contributed by atoms with Crippen LogP contribution in [0, 0.1) is 6.92 Å². The Labute approximate surface area is 107 Å². The van der Waals surface area contributed by atoms with Crippen LogP contribution in [0.25, 0.3) is 11.4 Å². The van der Waals surface area contributed by atoms with Crippen molar-refractivity contribution in [2.45, 2.75) is 13.0 Å². The van der Waals surface area contributed by atoms with Crippen molar-refractivity contribution in [2.24, 2.45) is 0 Å². The average molecular weight is 243 g/mol. The van der Waals surface area contributed by atoms with Gasteiger partial charge in [-0.25, -0.2) is 4.98 Å². The summed E-state index contributed by atoms with van der Waals surface area (Å²) in [6.07, 6.45) is 2.11. The van der Waals surface area contributed by atoms with Gasteiger partial charge in [0.05, 0.1) is 24.9 Å². The molecule has 1 fully saturated rings. The van der Waals surface area contributed by atoms with E-state index in [4.69, 9.17) is 4.74 Å². The van der Waals surface area contributed by atoms with Crippen molar-refractivity contribution in [3.63, 3.8) is 0 Å². The molecule has 1 aromatic heterocycles. The molecule has 0 bridgehead atoms. The van der Waals surface area contributed by atoms with Crippen LogP contribution in [0.4, 0.5) is 5.69 Å². The molecule has 94 valence electrons. The maximum Gasteiger partial charge on any atom is 0.140 e. The first-order valence-corrected chi connectivity index (χ1v) is 6.19. The third-order valence-corrected chi connectivity index (χ3v) is 3.30. The van der Waals surface area contributed by atoms with Gasteiger partial charge in [0.25, 0.3) is 0 Å². The third-order valence-electron chi connectivity index (χ3n) is 3.30. The molecule has 4 nitrogen and oxygen atoms in total. The number of benzene rings is 1. The van der Waals surface area contributed by atoms with Crippen LogP contribution < -0.4 is 5.32 Å². The number of aryl methyl sites for hydroxylation is 1. The summed E-state index contributed by atoms with van der Waals surface area (Å²) in [6.45, 7) is 3.61. The highest BCUT2D eigenvalue weighted by atomic mass is 16.5. The predicted molar refractivity (Wildman–Crippen MR) is 71.8 cm³/mol. The van der Waals surface area contributed by atoms with Crippen molar-refractivity contribution in [1.29, 1.82) is 0 Å². The second-order valence-electron chi connectivity index (χ2n) is 4.63. The molecule has 1 aliphatic rings. The molecule has 1 N–H and O–H groups in total. The lowest BCUT2D eigenvalue weighted by atomic mass is 10.1. The van der Waals surface area contributed by atoms with Gasteiger partial charge in [-0.05, 0) is 31.2 Å². The van der Waals surface area contributed by atoms with Gasteiger partial charge in [0, 0.05) is 24.5 Å². The number of ether oxygens (including phenoxy) is 1. The first kappa shape index (κ1) is 11.3. The molecule has 0 radical (unpaired) electrons. The van der Waals surface area contributed by atoms with Crippen molar-refractivity contribution < 1.29 is 4.74 Å². The largest absolute Gasteiger partial charge is 0.388 e. The van der Waals surface area contributed by atoms with E-state index in [0.717, 1.165) is 36.0 Å². The highest BCUT2D eigenvalue weighted by Gasteiger charge is 2.23. The molecular formula is C14H17N3O. The SMILES string of the molecule is CNc1ccc(-c2nc(C)cn2C2COC2)cc1. The number of nitrogens with zero attached hydrogens (tertiary/aromatic N) is 2. The van der Waals surface area contributed by atoms with Crippen LogP contribution in [0.15, 0.2) is 30.5 Å². The Bertz CT molecular complexity index is 541. The summed E-state index contributed by atoms with van der Waals surface area (Å²) in [5, 5.41) is 3.12. The van der Waals surface area contributed by atoms with E-state index in [1.165, 1.54) is 0 Å². The van der Waals surface area contributed by atoms with Gasteiger partial charge in [-0.2, -0.15) is 0 Å². The van der Waals surface area contributed by atoms with Crippen molar-refractivity contribution in [3.05, 3.63) is 36.2 Å². The summed E-state index contributed by atoms with van der Waals surface area (Å²) in [7, 11) is 1.92. The zero-order valence-electron chi connectivity index (χ0n) is 10.7. The molecule has 18 heavy (non-hydrogen) atoms. The third kappa shape index (κ3) is 1.88. The minimum Gasteiger partial charge on any atom is -0.388 e. The monoisotopic (exact) mass is 243 g/mol. The summed E-state index contributed by atoms with van der Waals surface area (Å²) < 4.78 is 7.50. The topological polar surface area (TPSA) is 39.1 Å². The average Bonchev–Trinajstić information content (AvgIpc) is 2.69. The van der Waals surface area contributed by atoms with E-state index in [-0.39, 0.29) is 0 Å². The standard InChI is InChI=1S/C14H17N3O/c1-10-7-17(13-8-18-9-13)14(16-10)11-3-5-12(15-2)6-4-11/h3-7,13,15H,8-9H2,1-2H3. The minimum atomic E-state index is 0.435. The number of hydrogen-bond acceptors (Lipinski definition) is 3. The van der Waals surface area contributed by atoms with Crippen LogP contribution in [0.3, 0.4) is 0 Å². The van der Waals surface area contributed by atoms with Crippen LogP contribution in [0.1, 0.15) is 11.7 Å². The van der Waals surface area contributed by atoms with Crippen LogP contribution in [0.2, 0.25) is 0 Å². The van der Waals surface area contributed by atoms with Crippen LogP contribution in [-0.4, -0.2) is 29.8 Å². The first-order chi connectivity index (χ1) is 8.78. The smallest absolute Gasteiger partial charge is 0.140 e. The molecule has 0 aliphatic carbocycles. The predicted octanol–water partition coefficient (Wildman–Crippen LogP) is 2.47. The summed E-state index contributed by atoms with van der Waals surface area (Å²) >= 11 is 0. The van der Waals surface area contributed by atoms with Gasteiger partial charge in [0.2, 0.25) is 0 Å². The number of hydrogen-bond donors (Lipinski definition) is 1. The number of nitrogens with one attached hydrogen (secondary N) is 1. The molecular weight excluding hydrogens is 226 g/mol. The summed E-state index contributed by atoms with van der Waals surface area (Å²) in [6, 6.07) is 8.78. The molecule has 4 heteroatoms. The Kier molecular flexibility index (Phi) is 2.80. The molecule has 0 saturated carbocycles. The van der Waals surface area contributed by atoms with E-state index in [1.54, 1.807) is 0 Å². The lowest BCUT2D eigenvalue weighted by molar-refractivity contribution is -0.0226. The van der Waals surface area contributed by atoms with E-state index in [0.29, 0.717) is 6.04 Å². The maximum atomic E-state index is 5.27. The molecule has 2 aromatic rings. The summed E-state index contributed by atoms with van der Waals surface area (Å²) in [4.78, 5) is 4.63. The molecule has 1 aliphatic heterocycles. The number of imidazole rings is 1. The van der Waals surface area contributed by atoms with Crippen molar-refractivity contribution in [3.8, 4) is 11.4 Å². The highest BCUT2D eigenvalue weighted by Crippen LogP contribution is 2.27. The molecule has 2 heterocycles. The Balaban J connectivity index is 1.98. The van der Waals surface area contributed by atoms with Crippen LogP contribution in [-0.2, 0) is 4.74 Å². The van der Waals surface area contributed by atoms with Crippen molar-refractivity contribution >= 4 is 5.69 Å². The molecule has 0 atom stereocenters. The number of aromatic nitrogens is 2. The fraction of sp³-hybridized carbons (Fsp3) is 0.357. The fourth-order valence-electron chi connectivity index (χ4n) is 2.18. The van der Waals surface area contributed by atoms with Gasteiger partial charge in [-0.3, -0.25) is 0 Å². The summed E-state index contributed by atoms with van der Waals surface area (Å²) in [5.74, 6) is 1.03. The van der Waals surface area contributed by atoms with Crippen LogP contribution >= 0.6 is 0 Å². The molecule has 1 saturated heterocycles. The van der Waals surface area contributed by atoms with E-state index in [9.17, 15) is 0 Å². The van der Waals surface area contributed by atoms with Gasteiger partial charge in [-0.1, -0.05) is 0 Å². The van der Waals surface area contributed by atoms with Gasteiger partial charge in [-0.15, -0.1) is 0 Å². The second kappa shape index (κ2) is 4.46.